The summed E-state index contributed by atoms with van der Waals surface area (Å²) in [6.07, 6.45) is 1.85. The second kappa shape index (κ2) is 6.87. The predicted molar refractivity (Wildman–Crippen MR) is 80.6 cm³/mol. The van der Waals surface area contributed by atoms with Crippen LogP contribution >= 0.6 is 11.6 Å². The van der Waals surface area contributed by atoms with Crippen molar-refractivity contribution in [3.8, 4) is 0 Å². The Labute approximate surface area is 125 Å². The third kappa shape index (κ3) is 3.93. The number of hydrogen-bond donors (Lipinski definition) is 2. The maximum absolute atomic E-state index is 12.3. The van der Waals surface area contributed by atoms with E-state index in [1.54, 1.807) is 6.07 Å². The van der Waals surface area contributed by atoms with Crippen LogP contribution in [-0.2, 0) is 16.8 Å². The number of hydrogen-bond acceptors (Lipinski definition) is 3. The van der Waals surface area contributed by atoms with Gasteiger partial charge in [-0.05, 0) is 36.9 Å². The number of nitrogens with one attached hydrogen (secondary N) is 1. The van der Waals surface area contributed by atoms with Gasteiger partial charge in [-0.25, -0.2) is 0 Å². The summed E-state index contributed by atoms with van der Waals surface area (Å²) >= 11 is 6.02. The lowest BCUT2D eigenvalue weighted by Gasteiger charge is -2.31. The average molecular weight is 318 g/mol. The van der Waals surface area contributed by atoms with Crippen molar-refractivity contribution in [2.75, 3.05) is 19.6 Å². The van der Waals surface area contributed by atoms with Crippen molar-refractivity contribution in [1.29, 1.82) is 0 Å². The van der Waals surface area contributed by atoms with Crippen LogP contribution in [0.5, 0.6) is 0 Å². The van der Waals surface area contributed by atoms with E-state index in [0.29, 0.717) is 24.7 Å². The van der Waals surface area contributed by atoms with Crippen LogP contribution in [-0.4, -0.2) is 32.4 Å². The van der Waals surface area contributed by atoms with E-state index < -0.39 is 10.2 Å². The van der Waals surface area contributed by atoms with Crippen molar-refractivity contribution < 1.29 is 8.42 Å². The Morgan fingerprint density at radius 2 is 2.15 bits per heavy atom. The molecule has 3 N–H and O–H groups in total. The lowest BCUT2D eigenvalue weighted by Crippen LogP contribution is -2.47. The van der Waals surface area contributed by atoms with Crippen molar-refractivity contribution in [2.45, 2.75) is 19.4 Å². The molecule has 0 amide bonds. The van der Waals surface area contributed by atoms with Crippen molar-refractivity contribution in [1.82, 2.24) is 9.03 Å². The van der Waals surface area contributed by atoms with Gasteiger partial charge in [0.15, 0.2) is 0 Å². The van der Waals surface area contributed by atoms with Crippen molar-refractivity contribution in [3.05, 3.63) is 34.9 Å². The van der Waals surface area contributed by atoms with E-state index in [0.717, 1.165) is 18.4 Å². The van der Waals surface area contributed by atoms with E-state index in [1.165, 1.54) is 4.31 Å². The number of piperidine rings is 1. The Kier molecular flexibility index (Phi) is 5.40. The fourth-order valence-corrected chi connectivity index (χ4v) is 3.84. The van der Waals surface area contributed by atoms with E-state index in [1.807, 2.05) is 18.2 Å². The first-order valence-corrected chi connectivity index (χ1v) is 8.53. The first-order valence-electron chi connectivity index (χ1n) is 6.71. The SMILES string of the molecule is NCC1CCCN(S(=O)(=O)NCc2ccccc2Cl)C1. The lowest BCUT2D eigenvalue weighted by atomic mass is 10.0. The van der Waals surface area contributed by atoms with Gasteiger partial charge >= 0.3 is 0 Å². The fourth-order valence-electron chi connectivity index (χ4n) is 2.34. The van der Waals surface area contributed by atoms with Gasteiger partial charge in [-0.15, -0.1) is 0 Å². The molecule has 1 saturated heterocycles. The summed E-state index contributed by atoms with van der Waals surface area (Å²) in [5, 5.41) is 0.564. The van der Waals surface area contributed by atoms with Crippen LogP contribution in [0.3, 0.4) is 0 Å². The summed E-state index contributed by atoms with van der Waals surface area (Å²) < 4.78 is 28.6. The van der Waals surface area contributed by atoms with Crippen LogP contribution in [0, 0.1) is 5.92 Å². The van der Waals surface area contributed by atoms with Gasteiger partial charge < -0.3 is 5.73 Å². The van der Waals surface area contributed by atoms with Crippen LogP contribution in [0.1, 0.15) is 18.4 Å². The maximum Gasteiger partial charge on any atom is 0.279 e. The van der Waals surface area contributed by atoms with Crippen LogP contribution < -0.4 is 10.5 Å². The second-order valence-electron chi connectivity index (χ2n) is 5.02. The smallest absolute Gasteiger partial charge is 0.279 e. The molecule has 0 aliphatic carbocycles. The monoisotopic (exact) mass is 317 g/mol. The minimum absolute atomic E-state index is 0.200. The molecule has 1 unspecified atom stereocenters. The normalized spacial score (nSPS) is 21.0. The van der Waals surface area contributed by atoms with Gasteiger partial charge in [-0.2, -0.15) is 17.4 Å². The van der Waals surface area contributed by atoms with Gasteiger partial charge in [0.1, 0.15) is 0 Å². The zero-order valence-corrected chi connectivity index (χ0v) is 12.8. The fraction of sp³-hybridized carbons (Fsp3) is 0.538. The Balaban J connectivity index is 1.99. The zero-order chi connectivity index (χ0) is 14.6. The molecule has 0 radical (unpaired) electrons. The highest BCUT2D eigenvalue weighted by Crippen LogP contribution is 2.19. The molecule has 20 heavy (non-hydrogen) atoms. The molecule has 112 valence electrons. The van der Waals surface area contributed by atoms with Crippen molar-refractivity contribution in [2.24, 2.45) is 11.7 Å². The zero-order valence-electron chi connectivity index (χ0n) is 11.3. The number of nitrogens with zero attached hydrogens (tertiary/aromatic N) is 1. The van der Waals surface area contributed by atoms with Crippen LogP contribution in [0.15, 0.2) is 24.3 Å². The van der Waals surface area contributed by atoms with Gasteiger partial charge in [0, 0.05) is 24.7 Å². The van der Waals surface area contributed by atoms with Gasteiger partial charge in [0.2, 0.25) is 0 Å². The first-order chi connectivity index (χ1) is 9.53. The third-order valence-corrected chi connectivity index (χ3v) is 5.45. The number of benzene rings is 1. The highest BCUT2D eigenvalue weighted by molar-refractivity contribution is 7.87. The standard InChI is InChI=1S/C13H20ClN3O2S/c14-13-6-2-1-5-12(13)9-16-20(18,19)17-7-3-4-11(8-15)10-17/h1-2,5-6,11,16H,3-4,7-10,15H2. The summed E-state index contributed by atoms with van der Waals surface area (Å²) in [5.74, 6) is 0.251. The number of rotatable bonds is 5. The Bertz CT molecular complexity index is 550. The molecular weight excluding hydrogens is 298 g/mol. The molecule has 5 nitrogen and oxygen atoms in total. The topological polar surface area (TPSA) is 75.4 Å². The number of nitrogens with two attached hydrogens (primary N) is 1. The molecule has 0 aromatic heterocycles. The minimum Gasteiger partial charge on any atom is -0.330 e. The highest BCUT2D eigenvalue weighted by Gasteiger charge is 2.27. The molecule has 1 aliphatic rings. The van der Waals surface area contributed by atoms with E-state index in [2.05, 4.69) is 4.72 Å². The summed E-state index contributed by atoms with van der Waals surface area (Å²) in [4.78, 5) is 0. The summed E-state index contributed by atoms with van der Waals surface area (Å²) in [5.41, 5.74) is 6.40. The molecule has 1 aromatic rings. The van der Waals surface area contributed by atoms with Gasteiger partial charge in [-0.1, -0.05) is 29.8 Å². The molecule has 1 fully saturated rings. The number of halogens is 1. The lowest BCUT2D eigenvalue weighted by molar-refractivity contribution is 0.268. The summed E-state index contributed by atoms with van der Waals surface area (Å²) in [6.45, 7) is 1.77. The molecule has 1 aliphatic heterocycles. The second-order valence-corrected chi connectivity index (χ2v) is 7.18. The summed E-state index contributed by atoms with van der Waals surface area (Å²) in [6, 6.07) is 7.21. The average Bonchev–Trinajstić information content (AvgIpc) is 2.46. The van der Waals surface area contributed by atoms with Gasteiger partial charge in [0.05, 0.1) is 0 Å². The Morgan fingerprint density at radius 3 is 2.85 bits per heavy atom. The van der Waals surface area contributed by atoms with E-state index >= 15 is 0 Å². The Hall–Kier alpha value is -0.660. The van der Waals surface area contributed by atoms with E-state index in [9.17, 15) is 8.42 Å². The molecule has 0 bridgehead atoms. The minimum atomic E-state index is -3.47. The maximum atomic E-state index is 12.3. The van der Waals surface area contributed by atoms with Crippen LogP contribution in [0.2, 0.25) is 5.02 Å². The van der Waals surface area contributed by atoms with Crippen molar-refractivity contribution >= 4 is 21.8 Å². The first kappa shape index (κ1) is 15.7. The quantitative estimate of drug-likeness (QED) is 0.860. The highest BCUT2D eigenvalue weighted by atomic mass is 35.5. The van der Waals surface area contributed by atoms with Crippen molar-refractivity contribution in [3.63, 3.8) is 0 Å². The summed E-state index contributed by atoms with van der Waals surface area (Å²) in [7, 11) is -3.47. The van der Waals surface area contributed by atoms with Gasteiger partial charge in [0.25, 0.3) is 10.2 Å². The molecule has 1 atom stereocenters. The van der Waals surface area contributed by atoms with E-state index in [-0.39, 0.29) is 12.5 Å². The Morgan fingerprint density at radius 1 is 1.40 bits per heavy atom. The predicted octanol–water partition coefficient (Wildman–Crippen LogP) is 1.35. The molecule has 1 aromatic carbocycles. The van der Waals surface area contributed by atoms with Crippen LogP contribution in [0.4, 0.5) is 0 Å². The molecule has 0 spiro atoms. The molecule has 2 rings (SSSR count). The molecule has 1 heterocycles. The van der Waals surface area contributed by atoms with Crippen LogP contribution in [0.25, 0.3) is 0 Å². The van der Waals surface area contributed by atoms with E-state index in [4.69, 9.17) is 17.3 Å². The van der Waals surface area contributed by atoms with Gasteiger partial charge in [-0.3, -0.25) is 0 Å². The molecule has 7 heteroatoms. The third-order valence-electron chi connectivity index (χ3n) is 3.56. The largest absolute Gasteiger partial charge is 0.330 e. The molecule has 0 saturated carbocycles. The molecular formula is C13H20ClN3O2S.